The summed E-state index contributed by atoms with van der Waals surface area (Å²) in [5, 5.41) is 0. The molecule has 1 aromatic rings. The number of allylic oxidation sites excluding steroid dienone is 1. The van der Waals surface area contributed by atoms with E-state index in [-0.39, 0.29) is 0 Å². The lowest BCUT2D eigenvalue weighted by molar-refractivity contribution is 0.492. The molecule has 0 aromatic heterocycles. The fourth-order valence-electron chi connectivity index (χ4n) is 2.50. The molecular formula is C17H27N. The molecule has 100 valence electrons. The standard InChI is InChI=1S/C17H27N/c1-4-16-10-7-8-12-17(16)11-6-5-9-14(2)13-15(3)18/h7-8,10,12,14H,3-6,9,11,13,18H2,1-2H3/t14-/m1/s1. The van der Waals surface area contributed by atoms with E-state index in [1.807, 2.05) is 0 Å². The fourth-order valence-corrected chi connectivity index (χ4v) is 2.50. The quantitative estimate of drug-likeness (QED) is 0.672. The number of benzene rings is 1. The van der Waals surface area contributed by atoms with E-state index in [1.54, 1.807) is 0 Å². The Kier molecular flexibility index (Phi) is 6.56. The summed E-state index contributed by atoms with van der Waals surface area (Å²) in [6.45, 7) is 8.26. The van der Waals surface area contributed by atoms with Crippen LogP contribution < -0.4 is 5.73 Å². The van der Waals surface area contributed by atoms with Gasteiger partial charge >= 0.3 is 0 Å². The summed E-state index contributed by atoms with van der Waals surface area (Å²) in [5.41, 5.74) is 9.48. The normalized spacial score (nSPS) is 12.3. The summed E-state index contributed by atoms with van der Waals surface area (Å²) in [4.78, 5) is 0. The van der Waals surface area contributed by atoms with E-state index in [0.717, 1.165) is 18.5 Å². The number of hydrogen-bond acceptors (Lipinski definition) is 1. The summed E-state index contributed by atoms with van der Waals surface area (Å²) in [6.07, 6.45) is 7.13. The van der Waals surface area contributed by atoms with Gasteiger partial charge in [-0.05, 0) is 42.7 Å². The van der Waals surface area contributed by atoms with Crippen LogP contribution in [0.4, 0.5) is 0 Å². The van der Waals surface area contributed by atoms with E-state index < -0.39 is 0 Å². The highest BCUT2D eigenvalue weighted by molar-refractivity contribution is 5.26. The second-order valence-electron chi connectivity index (χ2n) is 5.34. The van der Waals surface area contributed by atoms with Crippen molar-refractivity contribution in [3.8, 4) is 0 Å². The zero-order chi connectivity index (χ0) is 13.4. The fraction of sp³-hybridized carbons (Fsp3) is 0.529. The van der Waals surface area contributed by atoms with Gasteiger partial charge in [0.15, 0.2) is 0 Å². The Balaban J connectivity index is 2.27. The third-order valence-corrected chi connectivity index (χ3v) is 3.50. The largest absolute Gasteiger partial charge is 0.403 e. The Labute approximate surface area is 112 Å². The molecule has 0 saturated heterocycles. The van der Waals surface area contributed by atoms with Crippen LogP contribution in [0.25, 0.3) is 0 Å². The van der Waals surface area contributed by atoms with Gasteiger partial charge in [0.05, 0.1) is 0 Å². The first-order valence-corrected chi connectivity index (χ1v) is 7.13. The van der Waals surface area contributed by atoms with Crippen molar-refractivity contribution in [2.45, 2.75) is 52.4 Å². The molecule has 1 rings (SSSR count). The van der Waals surface area contributed by atoms with Crippen LogP contribution in [0.5, 0.6) is 0 Å². The Morgan fingerprint density at radius 1 is 1.22 bits per heavy atom. The van der Waals surface area contributed by atoms with Gasteiger partial charge in [-0.2, -0.15) is 0 Å². The summed E-state index contributed by atoms with van der Waals surface area (Å²) >= 11 is 0. The van der Waals surface area contributed by atoms with Crippen molar-refractivity contribution in [2.75, 3.05) is 0 Å². The van der Waals surface area contributed by atoms with Crippen LogP contribution in [0, 0.1) is 5.92 Å². The van der Waals surface area contributed by atoms with E-state index >= 15 is 0 Å². The van der Waals surface area contributed by atoms with Gasteiger partial charge in [0, 0.05) is 5.70 Å². The number of unbranched alkanes of at least 4 members (excludes halogenated alkanes) is 1. The molecule has 2 N–H and O–H groups in total. The van der Waals surface area contributed by atoms with Gasteiger partial charge in [-0.3, -0.25) is 0 Å². The average Bonchev–Trinajstić information content (AvgIpc) is 2.34. The van der Waals surface area contributed by atoms with E-state index in [4.69, 9.17) is 5.73 Å². The Morgan fingerprint density at radius 2 is 1.89 bits per heavy atom. The van der Waals surface area contributed by atoms with Crippen LogP contribution in [0.2, 0.25) is 0 Å². The first-order valence-electron chi connectivity index (χ1n) is 7.13. The molecule has 0 amide bonds. The molecule has 18 heavy (non-hydrogen) atoms. The van der Waals surface area contributed by atoms with Gasteiger partial charge in [-0.15, -0.1) is 0 Å². The van der Waals surface area contributed by atoms with E-state index in [9.17, 15) is 0 Å². The Bertz CT molecular complexity index is 368. The Hall–Kier alpha value is -1.24. The molecule has 0 saturated carbocycles. The van der Waals surface area contributed by atoms with Crippen LogP contribution in [0.1, 0.15) is 50.7 Å². The highest BCUT2D eigenvalue weighted by Gasteiger charge is 2.04. The first kappa shape index (κ1) is 14.8. The van der Waals surface area contributed by atoms with Gasteiger partial charge < -0.3 is 5.73 Å². The molecular weight excluding hydrogens is 218 g/mol. The van der Waals surface area contributed by atoms with Crippen LogP contribution in [-0.2, 0) is 12.8 Å². The molecule has 0 radical (unpaired) electrons. The number of rotatable bonds is 8. The lowest BCUT2D eigenvalue weighted by Gasteiger charge is -2.11. The van der Waals surface area contributed by atoms with Crippen molar-refractivity contribution in [3.05, 3.63) is 47.7 Å². The molecule has 0 heterocycles. The van der Waals surface area contributed by atoms with Crippen molar-refractivity contribution < 1.29 is 0 Å². The lowest BCUT2D eigenvalue weighted by Crippen LogP contribution is -2.03. The maximum Gasteiger partial charge on any atom is 0.00101 e. The summed E-state index contributed by atoms with van der Waals surface area (Å²) in [6, 6.07) is 8.80. The number of hydrogen-bond donors (Lipinski definition) is 1. The maximum atomic E-state index is 5.63. The smallest absolute Gasteiger partial charge is 0.00101 e. The van der Waals surface area contributed by atoms with E-state index in [0.29, 0.717) is 5.92 Å². The van der Waals surface area contributed by atoms with Crippen molar-refractivity contribution in [3.63, 3.8) is 0 Å². The SMILES string of the molecule is C=C(N)C[C@H](C)CCCCc1ccccc1CC. The first-order chi connectivity index (χ1) is 8.63. The molecule has 0 aliphatic rings. The maximum absolute atomic E-state index is 5.63. The molecule has 0 aliphatic heterocycles. The molecule has 1 aromatic carbocycles. The topological polar surface area (TPSA) is 26.0 Å². The Morgan fingerprint density at radius 3 is 2.50 bits per heavy atom. The predicted molar refractivity (Wildman–Crippen MR) is 80.5 cm³/mol. The monoisotopic (exact) mass is 245 g/mol. The second-order valence-corrected chi connectivity index (χ2v) is 5.34. The molecule has 0 fully saturated rings. The number of aryl methyl sites for hydroxylation is 2. The lowest BCUT2D eigenvalue weighted by atomic mass is 9.95. The molecule has 1 atom stereocenters. The molecule has 0 bridgehead atoms. The van der Waals surface area contributed by atoms with Crippen molar-refractivity contribution in [1.82, 2.24) is 0 Å². The highest BCUT2D eigenvalue weighted by atomic mass is 14.6. The highest BCUT2D eigenvalue weighted by Crippen LogP contribution is 2.17. The van der Waals surface area contributed by atoms with Gasteiger partial charge in [0.2, 0.25) is 0 Å². The summed E-state index contributed by atoms with van der Waals surface area (Å²) in [5.74, 6) is 0.670. The van der Waals surface area contributed by atoms with E-state index in [1.165, 1.54) is 36.8 Å². The van der Waals surface area contributed by atoms with E-state index in [2.05, 4.69) is 44.7 Å². The van der Waals surface area contributed by atoms with Crippen LogP contribution in [0.15, 0.2) is 36.5 Å². The third-order valence-electron chi connectivity index (χ3n) is 3.50. The second kappa shape index (κ2) is 7.97. The van der Waals surface area contributed by atoms with Crippen LogP contribution >= 0.6 is 0 Å². The van der Waals surface area contributed by atoms with Gasteiger partial charge in [0.25, 0.3) is 0 Å². The molecule has 1 heteroatoms. The summed E-state index contributed by atoms with van der Waals surface area (Å²) in [7, 11) is 0. The minimum absolute atomic E-state index is 0.670. The molecule has 0 aliphatic carbocycles. The summed E-state index contributed by atoms with van der Waals surface area (Å²) < 4.78 is 0. The zero-order valence-corrected chi connectivity index (χ0v) is 11.9. The zero-order valence-electron chi connectivity index (χ0n) is 11.9. The van der Waals surface area contributed by atoms with Crippen molar-refractivity contribution >= 4 is 0 Å². The molecule has 1 nitrogen and oxygen atoms in total. The number of nitrogens with two attached hydrogens (primary N) is 1. The van der Waals surface area contributed by atoms with Gasteiger partial charge in [-0.25, -0.2) is 0 Å². The average molecular weight is 245 g/mol. The minimum atomic E-state index is 0.670. The minimum Gasteiger partial charge on any atom is -0.403 e. The van der Waals surface area contributed by atoms with Crippen molar-refractivity contribution in [2.24, 2.45) is 11.7 Å². The van der Waals surface area contributed by atoms with Crippen LogP contribution in [-0.4, -0.2) is 0 Å². The van der Waals surface area contributed by atoms with Crippen LogP contribution in [0.3, 0.4) is 0 Å². The van der Waals surface area contributed by atoms with Gasteiger partial charge in [-0.1, -0.05) is 57.5 Å². The van der Waals surface area contributed by atoms with Crippen molar-refractivity contribution in [1.29, 1.82) is 0 Å². The predicted octanol–water partition coefficient (Wildman–Crippen LogP) is 4.46. The third kappa shape index (κ3) is 5.39. The molecule has 0 spiro atoms. The van der Waals surface area contributed by atoms with Gasteiger partial charge in [0.1, 0.15) is 0 Å². The molecule has 0 unspecified atom stereocenters.